The van der Waals surface area contributed by atoms with Gasteiger partial charge in [-0.3, -0.25) is 0 Å². The minimum atomic E-state index is -0.982. The second-order valence-electron chi connectivity index (χ2n) is 9.18. The molecule has 8 heteroatoms. The molecule has 0 radical (unpaired) electrons. The Kier molecular flexibility index (Phi) is 5.81. The zero-order valence-electron chi connectivity index (χ0n) is 18.4. The van der Waals surface area contributed by atoms with Gasteiger partial charge in [0.25, 0.3) is 0 Å². The van der Waals surface area contributed by atoms with Gasteiger partial charge in [0.2, 0.25) is 4.96 Å². The average molecular weight is 450 g/mol. The van der Waals surface area contributed by atoms with Crippen molar-refractivity contribution in [2.75, 3.05) is 7.11 Å². The smallest absolute Gasteiger partial charge is 0.213 e. The largest absolute Gasteiger partial charge is 0.500 e. The fourth-order valence-electron chi connectivity index (χ4n) is 4.15. The second-order valence-corrected chi connectivity index (χ2v) is 11.5. The molecule has 0 aliphatic heterocycles. The normalized spacial score (nSPS) is 25.7. The van der Waals surface area contributed by atoms with Crippen molar-refractivity contribution in [1.29, 1.82) is 0 Å². The Hall–Kier alpha value is -1.35. The summed E-state index contributed by atoms with van der Waals surface area (Å²) in [5.74, 6) is 1.04. The number of methoxy groups -OCH3 is 1. The monoisotopic (exact) mass is 449 g/mol. The number of aryl methyl sites for hydroxylation is 1. The fourth-order valence-corrected chi connectivity index (χ4v) is 6.45. The predicted octanol–water partition coefficient (Wildman–Crippen LogP) is 4.79. The molecule has 0 saturated heterocycles. The van der Waals surface area contributed by atoms with Gasteiger partial charge in [-0.15, -0.1) is 11.8 Å². The molecule has 6 nitrogen and oxygen atoms in total. The Morgan fingerprint density at radius 1 is 1.30 bits per heavy atom. The van der Waals surface area contributed by atoms with E-state index in [0.29, 0.717) is 10.3 Å². The van der Waals surface area contributed by atoms with Crippen LogP contribution in [0, 0.1) is 6.92 Å². The number of aromatic nitrogens is 3. The highest BCUT2D eigenvalue weighted by molar-refractivity contribution is 8.03. The molecule has 2 aliphatic carbocycles. The number of fused-ring (bicyclic) bond motifs is 1. The molecule has 0 amide bonds. The number of ether oxygens (including phenoxy) is 1. The van der Waals surface area contributed by atoms with Crippen molar-refractivity contribution in [3.63, 3.8) is 0 Å². The molecule has 2 N–H and O–H groups in total. The lowest BCUT2D eigenvalue weighted by atomic mass is 9.86. The van der Waals surface area contributed by atoms with Gasteiger partial charge in [-0.1, -0.05) is 11.3 Å². The highest BCUT2D eigenvalue weighted by Gasteiger charge is 2.31. The van der Waals surface area contributed by atoms with Crippen LogP contribution in [0.5, 0.6) is 0 Å². The van der Waals surface area contributed by atoms with Crippen molar-refractivity contribution in [1.82, 2.24) is 14.6 Å². The maximum Gasteiger partial charge on any atom is 0.213 e. The number of hydrogen-bond donors (Lipinski definition) is 2. The SMILES string of the molecule is COC1=C(SC2CCC(C)(O)CC2)C=C(c2c(C)nc3sc(C(C)(C)O)nn23)CC1. The molecule has 1 fully saturated rings. The van der Waals surface area contributed by atoms with Crippen LogP contribution in [-0.4, -0.2) is 42.8 Å². The first-order valence-corrected chi connectivity index (χ1v) is 12.2. The second kappa shape index (κ2) is 7.97. The van der Waals surface area contributed by atoms with Crippen LogP contribution < -0.4 is 0 Å². The number of hydrogen-bond acceptors (Lipinski definition) is 7. The topological polar surface area (TPSA) is 79.9 Å². The quantitative estimate of drug-likeness (QED) is 0.683. The van der Waals surface area contributed by atoms with E-state index in [0.717, 1.165) is 60.6 Å². The molecule has 2 heterocycles. The summed E-state index contributed by atoms with van der Waals surface area (Å²) < 4.78 is 7.60. The van der Waals surface area contributed by atoms with Gasteiger partial charge in [0, 0.05) is 16.6 Å². The van der Waals surface area contributed by atoms with Gasteiger partial charge in [-0.25, -0.2) is 9.50 Å². The van der Waals surface area contributed by atoms with Crippen LogP contribution in [0.1, 0.15) is 75.7 Å². The van der Waals surface area contributed by atoms with E-state index >= 15 is 0 Å². The van der Waals surface area contributed by atoms with Gasteiger partial charge in [-0.05, 0) is 71.4 Å². The summed E-state index contributed by atoms with van der Waals surface area (Å²) in [6.45, 7) is 7.46. The van der Waals surface area contributed by atoms with Gasteiger partial charge >= 0.3 is 0 Å². The molecule has 2 aromatic rings. The van der Waals surface area contributed by atoms with E-state index in [4.69, 9.17) is 9.72 Å². The van der Waals surface area contributed by atoms with E-state index < -0.39 is 11.2 Å². The maximum absolute atomic E-state index is 10.4. The predicted molar refractivity (Wildman–Crippen MR) is 123 cm³/mol. The first kappa shape index (κ1) is 21.9. The van der Waals surface area contributed by atoms with Crippen molar-refractivity contribution in [2.45, 2.75) is 82.7 Å². The van der Waals surface area contributed by atoms with E-state index in [-0.39, 0.29) is 0 Å². The van der Waals surface area contributed by atoms with E-state index in [2.05, 4.69) is 11.2 Å². The molecular formula is C22H31N3O3S2. The van der Waals surface area contributed by atoms with Crippen molar-refractivity contribution in [2.24, 2.45) is 0 Å². The average Bonchev–Trinajstić information content (AvgIpc) is 3.20. The molecule has 0 unspecified atom stereocenters. The minimum absolute atomic E-state index is 0.494. The van der Waals surface area contributed by atoms with Crippen LogP contribution in [0.15, 0.2) is 16.7 Å². The maximum atomic E-state index is 10.4. The zero-order valence-corrected chi connectivity index (χ0v) is 20.0. The van der Waals surface area contributed by atoms with Crippen LogP contribution in [0.3, 0.4) is 0 Å². The first-order chi connectivity index (χ1) is 14.1. The molecule has 0 spiro atoms. The van der Waals surface area contributed by atoms with Gasteiger partial charge in [0.1, 0.15) is 16.4 Å². The summed E-state index contributed by atoms with van der Waals surface area (Å²) in [5.41, 5.74) is 1.69. The lowest BCUT2D eigenvalue weighted by Gasteiger charge is -2.33. The van der Waals surface area contributed by atoms with Gasteiger partial charge in [0.05, 0.1) is 24.1 Å². The number of rotatable bonds is 5. The van der Waals surface area contributed by atoms with Crippen LogP contribution in [0.4, 0.5) is 0 Å². The number of aliphatic hydroxyl groups is 2. The standard InChI is InChI=1S/C22H31N3O3S2/c1-13-18(25-20(23-13)30-19(24-25)21(2,3)26)14-6-7-16(28-5)17(12-14)29-15-8-10-22(4,27)11-9-15/h12,15,26-27H,6-11H2,1-5H3. The molecule has 164 valence electrons. The van der Waals surface area contributed by atoms with Crippen molar-refractivity contribution in [3.8, 4) is 0 Å². The van der Waals surface area contributed by atoms with E-state index in [1.165, 1.54) is 21.8 Å². The summed E-state index contributed by atoms with van der Waals surface area (Å²) in [4.78, 5) is 6.69. The summed E-state index contributed by atoms with van der Waals surface area (Å²) in [5, 5.41) is 26.5. The highest BCUT2D eigenvalue weighted by Crippen LogP contribution is 2.43. The molecule has 4 rings (SSSR count). The Balaban J connectivity index is 1.65. The molecule has 0 atom stereocenters. The number of thioether (sulfide) groups is 1. The van der Waals surface area contributed by atoms with Crippen LogP contribution in [0.2, 0.25) is 0 Å². The van der Waals surface area contributed by atoms with E-state index in [9.17, 15) is 10.2 Å². The highest BCUT2D eigenvalue weighted by atomic mass is 32.2. The molecule has 2 aromatic heterocycles. The lowest BCUT2D eigenvalue weighted by molar-refractivity contribution is 0.0240. The zero-order chi connectivity index (χ0) is 21.7. The van der Waals surface area contributed by atoms with Crippen molar-refractivity contribution < 1.29 is 14.9 Å². The summed E-state index contributed by atoms with van der Waals surface area (Å²) in [6.07, 6.45) is 7.67. The number of imidazole rings is 1. The summed E-state index contributed by atoms with van der Waals surface area (Å²) >= 11 is 3.31. The van der Waals surface area contributed by atoms with Crippen LogP contribution in [-0.2, 0) is 10.3 Å². The molecule has 1 saturated carbocycles. The van der Waals surface area contributed by atoms with Gasteiger partial charge in [-0.2, -0.15) is 5.10 Å². The van der Waals surface area contributed by atoms with Gasteiger partial charge in [0.15, 0.2) is 0 Å². The number of allylic oxidation sites excluding steroid dienone is 3. The molecular weight excluding hydrogens is 418 g/mol. The van der Waals surface area contributed by atoms with Gasteiger partial charge < -0.3 is 14.9 Å². The van der Waals surface area contributed by atoms with Crippen LogP contribution in [0.25, 0.3) is 10.5 Å². The first-order valence-electron chi connectivity index (χ1n) is 10.5. The van der Waals surface area contributed by atoms with E-state index in [1.54, 1.807) is 21.0 Å². The fraction of sp³-hybridized carbons (Fsp3) is 0.636. The van der Waals surface area contributed by atoms with Crippen molar-refractivity contribution >= 4 is 33.6 Å². The molecule has 0 bridgehead atoms. The molecule has 2 aliphatic rings. The van der Waals surface area contributed by atoms with E-state index in [1.807, 2.05) is 30.1 Å². The molecule has 0 aromatic carbocycles. The number of nitrogens with zero attached hydrogens (tertiary/aromatic N) is 3. The third-order valence-corrected chi connectivity index (χ3v) is 8.58. The van der Waals surface area contributed by atoms with Crippen LogP contribution >= 0.6 is 23.1 Å². The minimum Gasteiger partial charge on any atom is -0.500 e. The third kappa shape index (κ3) is 4.33. The third-order valence-electron chi connectivity index (χ3n) is 5.96. The Morgan fingerprint density at radius 3 is 2.63 bits per heavy atom. The Bertz CT molecular complexity index is 1000. The Morgan fingerprint density at radius 2 is 2.00 bits per heavy atom. The summed E-state index contributed by atoms with van der Waals surface area (Å²) in [6, 6.07) is 0. The summed E-state index contributed by atoms with van der Waals surface area (Å²) in [7, 11) is 1.75. The lowest BCUT2D eigenvalue weighted by Crippen LogP contribution is -2.31. The van der Waals surface area contributed by atoms with Crippen molar-refractivity contribution in [3.05, 3.63) is 33.1 Å². The Labute approximate surface area is 186 Å². The molecule has 30 heavy (non-hydrogen) atoms.